The van der Waals surface area contributed by atoms with Crippen LogP contribution in [0.5, 0.6) is 0 Å². The molecule has 2 rings (SSSR count). The fourth-order valence-electron chi connectivity index (χ4n) is 2.89. The zero-order valence-electron chi connectivity index (χ0n) is 14.6. The molecule has 2 aliphatic heterocycles. The first kappa shape index (κ1) is 19.0. The first-order chi connectivity index (χ1) is 10.4. The van der Waals surface area contributed by atoms with Crippen LogP contribution in [0.2, 0.25) is 0 Å². The van der Waals surface area contributed by atoms with Gasteiger partial charge in [-0.25, -0.2) is 0 Å². The van der Waals surface area contributed by atoms with E-state index in [4.69, 9.17) is 9.47 Å². The van der Waals surface area contributed by atoms with E-state index in [0.717, 1.165) is 25.7 Å². The van der Waals surface area contributed by atoms with Crippen LogP contribution in [0.4, 0.5) is 0 Å². The van der Waals surface area contributed by atoms with Crippen molar-refractivity contribution in [3.63, 3.8) is 0 Å². The van der Waals surface area contributed by atoms with Crippen LogP contribution in [-0.4, -0.2) is 25.9 Å². The molecule has 126 valence electrons. The largest absolute Gasteiger partial charge is 0.381 e. The molecular formula is C19H38O2. The van der Waals surface area contributed by atoms with E-state index in [1.54, 1.807) is 0 Å². The highest BCUT2D eigenvalue weighted by molar-refractivity contribution is 4.70. The molecule has 2 saturated heterocycles. The second kappa shape index (κ2) is 13.6. The molecule has 0 aromatic rings. The molecule has 0 spiro atoms. The van der Waals surface area contributed by atoms with Gasteiger partial charge in [0, 0.05) is 13.2 Å². The van der Waals surface area contributed by atoms with Gasteiger partial charge in [-0.3, -0.25) is 0 Å². The minimum atomic E-state index is 0.641. The Morgan fingerprint density at radius 2 is 1.48 bits per heavy atom. The molecule has 0 N–H and O–H groups in total. The molecule has 2 aliphatic rings. The Morgan fingerprint density at radius 1 is 0.857 bits per heavy atom. The lowest BCUT2D eigenvalue weighted by Crippen LogP contribution is -2.09. The van der Waals surface area contributed by atoms with Crippen molar-refractivity contribution in [1.29, 1.82) is 0 Å². The van der Waals surface area contributed by atoms with Gasteiger partial charge in [0.15, 0.2) is 0 Å². The summed E-state index contributed by atoms with van der Waals surface area (Å²) in [6.45, 7) is 7.66. The van der Waals surface area contributed by atoms with Crippen molar-refractivity contribution in [2.75, 3.05) is 19.8 Å². The summed E-state index contributed by atoms with van der Waals surface area (Å²) in [4.78, 5) is 0. The maximum absolute atomic E-state index is 5.28. The Labute approximate surface area is 133 Å². The lowest BCUT2D eigenvalue weighted by atomic mass is 9.91. The summed E-state index contributed by atoms with van der Waals surface area (Å²) in [5.41, 5.74) is 0. The van der Waals surface area contributed by atoms with E-state index in [2.05, 4.69) is 13.8 Å². The quantitative estimate of drug-likeness (QED) is 0.338. The van der Waals surface area contributed by atoms with Crippen LogP contribution in [-0.2, 0) is 9.47 Å². The molecule has 2 atom stereocenters. The van der Waals surface area contributed by atoms with Gasteiger partial charge in [-0.05, 0) is 18.8 Å². The highest BCUT2D eigenvalue weighted by atomic mass is 16.6. The molecule has 0 aliphatic carbocycles. The van der Waals surface area contributed by atoms with Gasteiger partial charge in [-0.15, -0.1) is 0 Å². The second-order valence-electron chi connectivity index (χ2n) is 6.71. The average Bonchev–Trinajstić information content (AvgIpc) is 3.20. The molecule has 0 bridgehead atoms. The Balaban J connectivity index is 0.000000471. The fourth-order valence-corrected chi connectivity index (χ4v) is 2.89. The number of hydrogen-bond donors (Lipinski definition) is 0. The van der Waals surface area contributed by atoms with Crippen LogP contribution in [0.15, 0.2) is 0 Å². The van der Waals surface area contributed by atoms with Gasteiger partial charge in [0.1, 0.15) is 0 Å². The molecule has 0 radical (unpaired) electrons. The number of epoxide rings is 1. The second-order valence-corrected chi connectivity index (χ2v) is 6.71. The van der Waals surface area contributed by atoms with E-state index in [1.807, 2.05) is 0 Å². The number of hydrogen-bond acceptors (Lipinski definition) is 2. The summed E-state index contributed by atoms with van der Waals surface area (Å²) in [5, 5.41) is 0. The van der Waals surface area contributed by atoms with Crippen molar-refractivity contribution < 1.29 is 9.47 Å². The van der Waals surface area contributed by atoms with E-state index >= 15 is 0 Å². The molecule has 0 saturated carbocycles. The van der Waals surface area contributed by atoms with Crippen molar-refractivity contribution in [3.05, 3.63) is 0 Å². The monoisotopic (exact) mass is 298 g/mol. The van der Waals surface area contributed by atoms with Crippen LogP contribution in [0, 0.1) is 5.92 Å². The van der Waals surface area contributed by atoms with Gasteiger partial charge < -0.3 is 9.47 Å². The van der Waals surface area contributed by atoms with Crippen LogP contribution >= 0.6 is 0 Å². The normalized spacial score (nSPS) is 21.1. The third-order valence-electron chi connectivity index (χ3n) is 4.53. The lowest BCUT2D eigenvalue weighted by Gasteiger charge is -2.15. The molecule has 2 heteroatoms. The summed E-state index contributed by atoms with van der Waals surface area (Å²) in [6, 6.07) is 0. The Bertz CT molecular complexity index is 206. The molecule has 0 aromatic carbocycles. The molecule has 2 nitrogen and oxygen atoms in total. The number of rotatable bonds is 12. The minimum Gasteiger partial charge on any atom is -0.381 e. The van der Waals surface area contributed by atoms with Crippen LogP contribution < -0.4 is 0 Å². The number of ether oxygens (including phenoxy) is 2. The molecule has 0 aromatic heterocycles. The van der Waals surface area contributed by atoms with Crippen molar-refractivity contribution in [1.82, 2.24) is 0 Å². The first-order valence-electron chi connectivity index (χ1n) is 9.56. The van der Waals surface area contributed by atoms with Gasteiger partial charge in [-0.1, -0.05) is 78.1 Å². The topological polar surface area (TPSA) is 21.8 Å². The maximum atomic E-state index is 5.28. The molecule has 2 unspecified atom stereocenters. The summed E-state index contributed by atoms with van der Waals surface area (Å²) in [6.07, 6.45) is 17.5. The van der Waals surface area contributed by atoms with Crippen LogP contribution in [0.3, 0.4) is 0 Å². The van der Waals surface area contributed by atoms with E-state index in [0.29, 0.717) is 6.10 Å². The predicted octanol–water partition coefficient (Wildman–Crippen LogP) is 5.74. The summed E-state index contributed by atoms with van der Waals surface area (Å²) in [5.74, 6) is 1.00. The first-order valence-corrected chi connectivity index (χ1v) is 9.56. The molecule has 0 amide bonds. The van der Waals surface area contributed by atoms with Gasteiger partial charge in [0.05, 0.1) is 12.7 Å². The highest BCUT2D eigenvalue weighted by Crippen LogP contribution is 2.24. The molecule has 2 fully saturated rings. The van der Waals surface area contributed by atoms with Gasteiger partial charge in [-0.2, -0.15) is 0 Å². The van der Waals surface area contributed by atoms with Gasteiger partial charge >= 0.3 is 0 Å². The average molecular weight is 299 g/mol. The van der Waals surface area contributed by atoms with E-state index < -0.39 is 0 Å². The predicted molar refractivity (Wildman–Crippen MR) is 90.8 cm³/mol. The Kier molecular flexibility index (Phi) is 12.3. The van der Waals surface area contributed by atoms with Crippen molar-refractivity contribution in [2.45, 2.75) is 97.0 Å². The van der Waals surface area contributed by atoms with Gasteiger partial charge in [0.2, 0.25) is 0 Å². The summed E-state index contributed by atoms with van der Waals surface area (Å²) >= 11 is 0. The molecule has 21 heavy (non-hydrogen) atoms. The zero-order chi connectivity index (χ0) is 15.2. The van der Waals surface area contributed by atoms with E-state index in [9.17, 15) is 0 Å². The SMILES string of the molecule is C1COC1.CCCCCCCC(CCC)CCCC1CO1. The lowest BCUT2D eigenvalue weighted by molar-refractivity contribution is 0.0367. The number of unbranched alkanes of at least 4 members (excludes halogenated alkanes) is 4. The fraction of sp³-hybridized carbons (Fsp3) is 1.00. The van der Waals surface area contributed by atoms with E-state index in [-0.39, 0.29) is 0 Å². The highest BCUT2D eigenvalue weighted by Gasteiger charge is 2.21. The molecule has 2 heterocycles. The van der Waals surface area contributed by atoms with Crippen molar-refractivity contribution in [3.8, 4) is 0 Å². The van der Waals surface area contributed by atoms with Crippen molar-refractivity contribution >= 4 is 0 Å². The third kappa shape index (κ3) is 12.2. The Morgan fingerprint density at radius 3 is 2.00 bits per heavy atom. The summed E-state index contributed by atoms with van der Waals surface area (Å²) in [7, 11) is 0. The maximum Gasteiger partial charge on any atom is 0.0810 e. The molecular weight excluding hydrogens is 260 g/mol. The van der Waals surface area contributed by atoms with Crippen LogP contribution in [0.1, 0.15) is 90.9 Å². The standard InChI is InChI=1S/C16H32O.C3H6O/c1-3-5-6-7-8-11-15(10-4-2)12-9-13-16-14-17-16;1-2-4-3-1/h15-16H,3-14H2,1-2H3;1-3H2. The zero-order valence-corrected chi connectivity index (χ0v) is 14.6. The van der Waals surface area contributed by atoms with E-state index in [1.165, 1.54) is 77.0 Å². The Hall–Kier alpha value is -0.0800. The smallest absolute Gasteiger partial charge is 0.0810 e. The van der Waals surface area contributed by atoms with Crippen molar-refractivity contribution in [2.24, 2.45) is 5.92 Å². The summed E-state index contributed by atoms with van der Waals surface area (Å²) < 4.78 is 10.00. The van der Waals surface area contributed by atoms with Crippen LogP contribution in [0.25, 0.3) is 0 Å². The van der Waals surface area contributed by atoms with Gasteiger partial charge in [0.25, 0.3) is 0 Å². The minimum absolute atomic E-state index is 0.641. The third-order valence-corrected chi connectivity index (χ3v) is 4.53.